The number of nitrogens with zero attached hydrogens (tertiary/aromatic N) is 1. The average molecular weight is 260 g/mol. The van der Waals surface area contributed by atoms with Crippen molar-refractivity contribution in [2.24, 2.45) is 0 Å². The number of hydrogen-bond acceptors (Lipinski definition) is 2. The van der Waals surface area contributed by atoms with E-state index in [0.29, 0.717) is 0 Å². The van der Waals surface area contributed by atoms with E-state index in [2.05, 4.69) is 55.4 Å². The summed E-state index contributed by atoms with van der Waals surface area (Å²) in [4.78, 5) is 2.66. The topological polar surface area (TPSA) is 15.3 Å². The van der Waals surface area contributed by atoms with Crippen LogP contribution < -0.4 is 5.32 Å². The van der Waals surface area contributed by atoms with Gasteiger partial charge in [0, 0.05) is 18.6 Å². The predicted molar refractivity (Wildman–Crippen MR) is 82.4 cm³/mol. The van der Waals surface area contributed by atoms with E-state index in [-0.39, 0.29) is 0 Å². The maximum Gasteiger partial charge on any atom is 0.0239 e. The molecule has 106 valence electrons. The summed E-state index contributed by atoms with van der Waals surface area (Å²) in [6, 6.07) is 10.3. The Morgan fingerprint density at radius 3 is 2.42 bits per heavy atom. The molecule has 1 aliphatic rings. The van der Waals surface area contributed by atoms with E-state index in [9.17, 15) is 0 Å². The highest BCUT2D eigenvalue weighted by Crippen LogP contribution is 2.24. The van der Waals surface area contributed by atoms with Gasteiger partial charge in [-0.05, 0) is 57.3 Å². The van der Waals surface area contributed by atoms with Crippen molar-refractivity contribution < 1.29 is 0 Å². The van der Waals surface area contributed by atoms with Gasteiger partial charge in [-0.25, -0.2) is 0 Å². The van der Waals surface area contributed by atoms with Gasteiger partial charge in [0.2, 0.25) is 0 Å². The van der Waals surface area contributed by atoms with E-state index in [1.165, 1.54) is 36.8 Å². The van der Waals surface area contributed by atoms with Crippen LogP contribution in [0.3, 0.4) is 0 Å². The molecular formula is C17H28N2. The van der Waals surface area contributed by atoms with Crippen LogP contribution in [-0.2, 0) is 6.54 Å². The predicted octanol–water partition coefficient (Wildman–Crippen LogP) is 3.35. The van der Waals surface area contributed by atoms with Crippen LogP contribution in [0.5, 0.6) is 0 Å². The molecule has 1 aromatic carbocycles. The van der Waals surface area contributed by atoms with Crippen LogP contribution in [0.2, 0.25) is 0 Å². The number of rotatable bonds is 5. The van der Waals surface area contributed by atoms with E-state index in [0.717, 1.165) is 25.2 Å². The molecule has 0 atom stereocenters. The summed E-state index contributed by atoms with van der Waals surface area (Å²) in [6.07, 6.45) is 5.33. The van der Waals surface area contributed by atoms with Gasteiger partial charge in [0.05, 0.1) is 0 Å². The standard InChI is InChI=1S/C17H28N2/c1-4-19(13-15-8-6-5-7-14(15)2)17-11-9-16(18-3)10-12-17/h5-8,16-18H,4,9-13H2,1-3H3. The molecular weight excluding hydrogens is 232 g/mol. The lowest BCUT2D eigenvalue weighted by Gasteiger charge is -2.36. The van der Waals surface area contributed by atoms with E-state index < -0.39 is 0 Å². The highest BCUT2D eigenvalue weighted by molar-refractivity contribution is 5.25. The summed E-state index contributed by atoms with van der Waals surface area (Å²) >= 11 is 0. The van der Waals surface area contributed by atoms with E-state index in [1.807, 2.05) is 0 Å². The summed E-state index contributed by atoms with van der Waals surface area (Å²) in [5.74, 6) is 0. The molecule has 1 fully saturated rings. The molecule has 2 nitrogen and oxygen atoms in total. The lowest BCUT2D eigenvalue weighted by Crippen LogP contribution is -2.41. The van der Waals surface area contributed by atoms with Crippen molar-refractivity contribution in [3.63, 3.8) is 0 Å². The Morgan fingerprint density at radius 2 is 1.84 bits per heavy atom. The zero-order chi connectivity index (χ0) is 13.7. The van der Waals surface area contributed by atoms with Crippen molar-refractivity contribution in [2.45, 2.75) is 58.2 Å². The van der Waals surface area contributed by atoms with E-state index in [4.69, 9.17) is 0 Å². The Kier molecular flexibility index (Phi) is 5.41. The molecule has 0 spiro atoms. The molecule has 0 aromatic heterocycles. The second-order valence-electron chi connectivity index (χ2n) is 5.78. The fourth-order valence-electron chi connectivity index (χ4n) is 3.24. The Labute approximate surface area is 118 Å². The quantitative estimate of drug-likeness (QED) is 0.873. The SMILES string of the molecule is CCN(Cc1ccccc1C)C1CCC(NC)CC1. The van der Waals surface area contributed by atoms with Crippen molar-refractivity contribution in [2.75, 3.05) is 13.6 Å². The summed E-state index contributed by atoms with van der Waals surface area (Å²) in [7, 11) is 2.09. The van der Waals surface area contributed by atoms with Gasteiger partial charge in [-0.1, -0.05) is 31.2 Å². The zero-order valence-corrected chi connectivity index (χ0v) is 12.7. The van der Waals surface area contributed by atoms with Crippen LogP contribution in [0.25, 0.3) is 0 Å². The molecule has 0 saturated heterocycles. The minimum absolute atomic E-state index is 0.744. The number of benzene rings is 1. The van der Waals surface area contributed by atoms with Crippen LogP contribution in [0, 0.1) is 6.92 Å². The number of aryl methyl sites for hydroxylation is 1. The van der Waals surface area contributed by atoms with Gasteiger partial charge in [0.1, 0.15) is 0 Å². The molecule has 1 aromatic rings. The zero-order valence-electron chi connectivity index (χ0n) is 12.7. The Bertz CT molecular complexity index is 381. The van der Waals surface area contributed by atoms with Crippen molar-refractivity contribution in [3.8, 4) is 0 Å². The molecule has 19 heavy (non-hydrogen) atoms. The molecule has 1 aliphatic carbocycles. The van der Waals surface area contributed by atoms with Crippen molar-refractivity contribution >= 4 is 0 Å². The summed E-state index contributed by atoms with van der Waals surface area (Å²) < 4.78 is 0. The number of nitrogens with one attached hydrogen (secondary N) is 1. The van der Waals surface area contributed by atoms with Gasteiger partial charge < -0.3 is 5.32 Å². The van der Waals surface area contributed by atoms with Crippen molar-refractivity contribution in [1.29, 1.82) is 0 Å². The van der Waals surface area contributed by atoms with Crippen LogP contribution >= 0.6 is 0 Å². The Balaban J connectivity index is 1.95. The molecule has 0 unspecified atom stereocenters. The molecule has 0 amide bonds. The maximum atomic E-state index is 3.42. The first-order chi connectivity index (χ1) is 9.24. The monoisotopic (exact) mass is 260 g/mol. The summed E-state index contributed by atoms with van der Waals surface area (Å²) in [5, 5.41) is 3.42. The molecule has 0 heterocycles. The fourth-order valence-corrected chi connectivity index (χ4v) is 3.24. The minimum Gasteiger partial charge on any atom is -0.317 e. The summed E-state index contributed by atoms with van der Waals surface area (Å²) in [6.45, 7) is 6.78. The fraction of sp³-hybridized carbons (Fsp3) is 0.647. The highest BCUT2D eigenvalue weighted by Gasteiger charge is 2.24. The number of hydrogen-bond donors (Lipinski definition) is 1. The lowest BCUT2D eigenvalue weighted by molar-refractivity contribution is 0.144. The first-order valence-corrected chi connectivity index (χ1v) is 7.70. The third-order valence-electron chi connectivity index (χ3n) is 4.66. The van der Waals surface area contributed by atoms with Crippen LogP contribution in [0.15, 0.2) is 24.3 Å². The van der Waals surface area contributed by atoms with Gasteiger partial charge >= 0.3 is 0 Å². The Hall–Kier alpha value is -0.860. The van der Waals surface area contributed by atoms with Gasteiger partial charge in [0.15, 0.2) is 0 Å². The van der Waals surface area contributed by atoms with Crippen LogP contribution in [0.1, 0.15) is 43.7 Å². The van der Waals surface area contributed by atoms with E-state index >= 15 is 0 Å². The molecule has 2 rings (SSSR count). The second kappa shape index (κ2) is 7.06. The average Bonchev–Trinajstić information content (AvgIpc) is 2.47. The summed E-state index contributed by atoms with van der Waals surface area (Å²) in [5.41, 5.74) is 2.91. The lowest BCUT2D eigenvalue weighted by atomic mass is 9.90. The third-order valence-corrected chi connectivity index (χ3v) is 4.66. The third kappa shape index (κ3) is 3.80. The van der Waals surface area contributed by atoms with Gasteiger partial charge in [0.25, 0.3) is 0 Å². The minimum atomic E-state index is 0.744. The highest BCUT2D eigenvalue weighted by atomic mass is 15.1. The molecule has 2 heteroatoms. The smallest absolute Gasteiger partial charge is 0.0239 e. The second-order valence-corrected chi connectivity index (χ2v) is 5.78. The first kappa shape index (κ1) is 14.5. The van der Waals surface area contributed by atoms with Crippen LogP contribution in [0.4, 0.5) is 0 Å². The van der Waals surface area contributed by atoms with Gasteiger partial charge in [-0.2, -0.15) is 0 Å². The molecule has 0 radical (unpaired) electrons. The molecule has 1 saturated carbocycles. The van der Waals surface area contributed by atoms with Crippen molar-refractivity contribution in [1.82, 2.24) is 10.2 Å². The maximum absolute atomic E-state index is 3.42. The molecule has 0 aliphatic heterocycles. The largest absolute Gasteiger partial charge is 0.317 e. The molecule has 0 bridgehead atoms. The van der Waals surface area contributed by atoms with Gasteiger partial charge in [-0.15, -0.1) is 0 Å². The molecule has 1 N–H and O–H groups in total. The van der Waals surface area contributed by atoms with Crippen LogP contribution in [-0.4, -0.2) is 30.6 Å². The normalized spacial score (nSPS) is 23.8. The van der Waals surface area contributed by atoms with E-state index in [1.54, 1.807) is 0 Å². The van der Waals surface area contributed by atoms with Crippen molar-refractivity contribution in [3.05, 3.63) is 35.4 Å². The Morgan fingerprint density at radius 1 is 1.16 bits per heavy atom. The first-order valence-electron chi connectivity index (χ1n) is 7.70. The van der Waals surface area contributed by atoms with Gasteiger partial charge in [-0.3, -0.25) is 4.90 Å².